The van der Waals surface area contributed by atoms with E-state index in [4.69, 9.17) is 5.11 Å². The minimum absolute atomic E-state index is 0.0394. The molecule has 5 heteroatoms. The molecular weight excluding hydrogens is 290 g/mol. The van der Waals surface area contributed by atoms with E-state index in [0.717, 1.165) is 39.1 Å². The molecule has 0 aromatic heterocycles. The van der Waals surface area contributed by atoms with E-state index in [-0.39, 0.29) is 18.6 Å². The third-order valence-corrected chi connectivity index (χ3v) is 4.52. The molecule has 1 aromatic carbocycles. The number of likely N-dealkylation sites (N-methyl/N-ethyl adjacent to an activating group) is 1. The van der Waals surface area contributed by atoms with Crippen molar-refractivity contribution < 1.29 is 9.90 Å². The van der Waals surface area contributed by atoms with Gasteiger partial charge in [-0.2, -0.15) is 0 Å². The summed E-state index contributed by atoms with van der Waals surface area (Å²) in [6.07, 6.45) is 1.43. The van der Waals surface area contributed by atoms with Crippen LogP contribution in [-0.4, -0.2) is 66.7 Å². The lowest BCUT2D eigenvalue weighted by Crippen LogP contribution is -2.43. The second kappa shape index (κ2) is 9.01. The second-order valence-electron chi connectivity index (χ2n) is 6.37. The normalized spacial score (nSPS) is 17.9. The van der Waals surface area contributed by atoms with Crippen molar-refractivity contribution >= 4 is 5.91 Å². The van der Waals surface area contributed by atoms with Crippen molar-refractivity contribution in [2.75, 3.05) is 39.8 Å². The summed E-state index contributed by atoms with van der Waals surface area (Å²) in [7, 11) is 2.16. The van der Waals surface area contributed by atoms with Crippen molar-refractivity contribution in [3.63, 3.8) is 0 Å². The number of hydrogen-bond donors (Lipinski definition) is 2. The van der Waals surface area contributed by atoms with Crippen LogP contribution in [0.1, 0.15) is 35.7 Å². The molecule has 1 saturated heterocycles. The Labute approximate surface area is 139 Å². The van der Waals surface area contributed by atoms with Gasteiger partial charge in [0.2, 0.25) is 0 Å². The van der Waals surface area contributed by atoms with Gasteiger partial charge in [-0.3, -0.25) is 9.69 Å². The zero-order valence-electron chi connectivity index (χ0n) is 14.3. The Morgan fingerprint density at radius 1 is 1.22 bits per heavy atom. The van der Waals surface area contributed by atoms with E-state index in [2.05, 4.69) is 22.2 Å². The first-order valence-electron chi connectivity index (χ1n) is 8.54. The highest BCUT2D eigenvalue weighted by atomic mass is 16.3. The third kappa shape index (κ3) is 5.61. The highest BCUT2D eigenvalue weighted by Gasteiger charge is 2.15. The average Bonchev–Trinajstić information content (AvgIpc) is 2.57. The molecule has 1 aliphatic heterocycles. The summed E-state index contributed by atoms with van der Waals surface area (Å²) in [5, 5.41) is 12.0. The number of aliphatic hydroxyl groups is 1. The van der Waals surface area contributed by atoms with Crippen LogP contribution in [-0.2, 0) is 6.54 Å². The number of piperazine rings is 1. The number of carbonyl (C=O) groups is 1. The Morgan fingerprint density at radius 2 is 1.87 bits per heavy atom. The molecule has 2 rings (SSSR count). The summed E-state index contributed by atoms with van der Waals surface area (Å²) >= 11 is 0. The Morgan fingerprint density at radius 3 is 2.43 bits per heavy atom. The fourth-order valence-corrected chi connectivity index (χ4v) is 2.83. The lowest BCUT2D eigenvalue weighted by Gasteiger charge is -2.32. The smallest absolute Gasteiger partial charge is 0.251 e. The molecule has 2 N–H and O–H groups in total. The Hall–Kier alpha value is -1.43. The molecule has 128 valence electrons. The number of aliphatic hydroxyl groups excluding tert-OH is 1. The van der Waals surface area contributed by atoms with Crippen LogP contribution in [0.25, 0.3) is 0 Å². The van der Waals surface area contributed by atoms with Crippen molar-refractivity contribution in [3.05, 3.63) is 35.4 Å². The topological polar surface area (TPSA) is 55.8 Å². The summed E-state index contributed by atoms with van der Waals surface area (Å²) in [6.45, 7) is 7.48. The third-order valence-electron chi connectivity index (χ3n) is 4.52. The molecule has 1 heterocycles. The Bertz CT molecular complexity index is 482. The summed E-state index contributed by atoms with van der Waals surface area (Å²) in [5.74, 6) is -0.0588. The molecule has 0 aliphatic carbocycles. The molecule has 0 spiro atoms. The van der Waals surface area contributed by atoms with Crippen LogP contribution in [0.5, 0.6) is 0 Å². The van der Waals surface area contributed by atoms with E-state index < -0.39 is 0 Å². The molecule has 23 heavy (non-hydrogen) atoms. The van der Waals surface area contributed by atoms with Gasteiger partial charge in [0.1, 0.15) is 0 Å². The minimum Gasteiger partial charge on any atom is -0.396 e. The predicted octanol–water partition coefficient (Wildman–Crippen LogP) is 1.32. The maximum absolute atomic E-state index is 12.2. The summed E-state index contributed by atoms with van der Waals surface area (Å²) in [5.41, 5.74) is 1.93. The van der Waals surface area contributed by atoms with Crippen LogP contribution >= 0.6 is 0 Å². The van der Waals surface area contributed by atoms with Crippen molar-refractivity contribution in [3.8, 4) is 0 Å². The zero-order chi connectivity index (χ0) is 16.7. The van der Waals surface area contributed by atoms with Crippen LogP contribution in [0.15, 0.2) is 24.3 Å². The number of benzene rings is 1. The molecule has 5 nitrogen and oxygen atoms in total. The maximum atomic E-state index is 12.2. The number of nitrogens with one attached hydrogen (secondary N) is 1. The fourth-order valence-electron chi connectivity index (χ4n) is 2.83. The highest BCUT2D eigenvalue weighted by Crippen LogP contribution is 2.10. The summed E-state index contributed by atoms with van der Waals surface area (Å²) in [4.78, 5) is 17.0. The van der Waals surface area contributed by atoms with Gasteiger partial charge in [0, 0.05) is 50.9 Å². The number of amides is 1. The van der Waals surface area contributed by atoms with Gasteiger partial charge in [-0.15, -0.1) is 0 Å². The van der Waals surface area contributed by atoms with Crippen molar-refractivity contribution in [1.29, 1.82) is 0 Å². The van der Waals surface area contributed by atoms with Gasteiger partial charge in [-0.05, 0) is 37.6 Å². The maximum Gasteiger partial charge on any atom is 0.251 e. The van der Waals surface area contributed by atoms with E-state index in [1.54, 1.807) is 0 Å². The van der Waals surface area contributed by atoms with Crippen LogP contribution < -0.4 is 5.32 Å². The minimum atomic E-state index is -0.0588. The highest BCUT2D eigenvalue weighted by molar-refractivity contribution is 5.94. The van der Waals surface area contributed by atoms with Crippen LogP contribution in [0.2, 0.25) is 0 Å². The first-order chi connectivity index (χ1) is 11.1. The van der Waals surface area contributed by atoms with Crippen molar-refractivity contribution in [1.82, 2.24) is 15.1 Å². The first kappa shape index (κ1) is 17.9. The first-order valence-corrected chi connectivity index (χ1v) is 8.54. The van der Waals surface area contributed by atoms with Crippen molar-refractivity contribution in [2.24, 2.45) is 0 Å². The monoisotopic (exact) mass is 319 g/mol. The quantitative estimate of drug-likeness (QED) is 0.796. The Kier molecular flexibility index (Phi) is 7.02. The van der Waals surface area contributed by atoms with Gasteiger partial charge in [0.25, 0.3) is 5.91 Å². The van der Waals surface area contributed by atoms with Crippen LogP contribution in [0.4, 0.5) is 0 Å². The number of nitrogens with zero attached hydrogens (tertiary/aromatic N) is 2. The molecule has 1 atom stereocenters. The fraction of sp³-hybridized carbons (Fsp3) is 0.611. The van der Waals surface area contributed by atoms with E-state index in [9.17, 15) is 4.79 Å². The molecule has 1 aromatic rings. The second-order valence-corrected chi connectivity index (χ2v) is 6.37. The van der Waals surface area contributed by atoms with E-state index >= 15 is 0 Å². The van der Waals surface area contributed by atoms with Gasteiger partial charge >= 0.3 is 0 Å². The van der Waals surface area contributed by atoms with Gasteiger partial charge in [-0.1, -0.05) is 19.1 Å². The van der Waals surface area contributed by atoms with Gasteiger partial charge < -0.3 is 15.3 Å². The van der Waals surface area contributed by atoms with E-state index in [1.165, 1.54) is 5.56 Å². The Balaban J connectivity index is 1.87. The van der Waals surface area contributed by atoms with Crippen molar-refractivity contribution in [2.45, 2.75) is 32.4 Å². The van der Waals surface area contributed by atoms with E-state index in [0.29, 0.717) is 12.0 Å². The molecule has 0 radical (unpaired) electrons. The van der Waals surface area contributed by atoms with Gasteiger partial charge in [-0.25, -0.2) is 0 Å². The van der Waals surface area contributed by atoms with Crippen LogP contribution in [0.3, 0.4) is 0 Å². The van der Waals surface area contributed by atoms with Gasteiger partial charge in [0.15, 0.2) is 0 Å². The molecule has 1 fully saturated rings. The lowest BCUT2D eigenvalue weighted by atomic mass is 10.1. The lowest BCUT2D eigenvalue weighted by molar-refractivity contribution is 0.0929. The molecule has 0 bridgehead atoms. The molecule has 1 amide bonds. The van der Waals surface area contributed by atoms with E-state index in [1.807, 2.05) is 31.2 Å². The number of rotatable bonds is 7. The molecule has 0 saturated carbocycles. The van der Waals surface area contributed by atoms with Crippen LogP contribution in [0, 0.1) is 0 Å². The average molecular weight is 319 g/mol. The summed E-state index contributed by atoms with van der Waals surface area (Å²) in [6, 6.07) is 7.91. The summed E-state index contributed by atoms with van der Waals surface area (Å²) < 4.78 is 0. The molecule has 1 unspecified atom stereocenters. The SMILES string of the molecule is CCC(CCO)NC(=O)c1ccc(CN2CCN(C)CC2)cc1. The number of hydrogen-bond acceptors (Lipinski definition) is 4. The number of carbonyl (C=O) groups excluding carboxylic acids is 1. The molecular formula is C18H29N3O2. The standard InChI is InChI=1S/C18H29N3O2/c1-3-17(8-13-22)19-18(23)16-6-4-15(5-7-16)14-21-11-9-20(2)10-12-21/h4-7,17,22H,3,8-14H2,1-2H3,(H,19,23). The van der Waals surface area contributed by atoms with Gasteiger partial charge in [0.05, 0.1) is 0 Å². The predicted molar refractivity (Wildman–Crippen MR) is 92.5 cm³/mol. The molecule has 1 aliphatic rings. The largest absolute Gasteiger partial charge is 0.396 e. The zero-order valence-corrected chi connectivity index (χ0v) is 14.3.